The lowest BCUT2D eigenvalue weighted by atomic mass is 10.1. The number of ether oxygens (including phenoxy) is 1. The lowest BCUT2D eigenvalue weighted by Crippen LogP contribution is -2.30. The van der Waals surface area contributed by atoms with Gasteiger partial charge in [-0.2, -0.15) is 0 Å². The van der Waals surface area contributed by atoms with Crippen LogP contribution >= 0.6 is 0 Å². The van der Waals surface area contributed by atoms with E-state index in [9.17, 15) is 4.79 Å². The maximum atomic E-state index is 12.3. The van der Waals surface area contributed by atoms with Crippen LogP contribution in [0.2, 0.25) is 0 Å². The third kappa shape index (κ3) is 3.69. The largest absolute Gasteiger partial charge is 0.481 e. The van der Waals surface area contributed by atoms with Crippen molar-refractivity contribution in [1.29, 1.82) is 0 Å². The number of anilines is 1. The molecule has 0 saturated carbocycles. The number of carbonyl (C=O) groups is 1. The Balaban J connectivity index is 1.69. The number of benzene rings is 3. The van der Waals surface area contributed by atoms with Crippen LogP contribution < -0.4 is 10.1 Å². The Morgan fingerprint density at radius 1 is 0.957 bits per heavy atom. The highest BCUT2D eigenvalue weighted by molar-refractivity contribution is 5.96. The number of rotatable bonds is 4. The first-order chi connectivity index (χ1) is 11.1. The fraction of sp³-hybridized carbons (Fsp3) is 0.150. The SMILES string of the molecule is Cc1cccc(OC(C)C(=O)Nc2ccc3ccccc3c2)c1. The maximum absolute atomic E-state index is 12.3. The van der Waals surface area contributed by atoms with E-state index in [1.807, 2.05) is 73.7 Å². The predicted octanol–water partition coefficient (Wildman–Crippen LogP) is 4.55. The number of fused-ring (bicyclic) bond motifs is 1. The minimum absolute atomic E-state index is 0.165. The van der Waals surface area contributed by atoms with E-state index < -0.39 is 6.10 Å². The summed E-state index contributed by atoms with van der Waals surface area (Å²) in [6, 6.07) is 21.6. The number of nitrogens with one attached hydrogen (secondary N) is 1. The molecule has 3 heteroatoms. The summed E-state index contributed by atoms with van der Waals surface area (Å²) in [5, 5.41) is 5.15. The van der Waals surface area contributed by atoms with Gasteiger partial charge >= 0.3 is 0 Å². The van der Waals surface area contributed by atoms with Crippen LogP contribution in [0.3, 0.4) is 0 Å². The van der Waals surface area contributed by atoms with E-state index >= 15 is 0 Å². The molecule has 0 heterocycles. The third-order valence-corrected chi connectivity index (χ3v) is 3.69. The summed E-state index contributed by atoms with van der Waals surface area (Å²) < 4.78 is 5.70. The molecule has 0 fully saturated rings. The van der Waals surface area contributed by atoms with Crippen molar-refractivity contribution in [2.75, 3.05) is 5.32 Å². The minimum Gasteiger partial charge on any atom is -0.481 e. The summed E-state index contributed by atoms with van der Waals surface area (Å²) in [5.74, 6) is 0.535. The lowest BCUT2D eigenvalue weighted by molar-refractivity contribution is -0.122. The van der Waals surface area contributed by atoms with Crippen molar-refractivity contribution < 1.29 is 9.53 Å². The van der Waals surface area contributed by atoms with Gasteiger partial charge in [-0.1, -0.05) is 42.5 Å². The second-order valence-electron chi connectivity index (χ2n) is 5.63. The van der Waals surface area contributed by atoms with Gasteiger partial charge in [0.25, 0.3) is 5.91 Å². The van der Waals surface area contributed by atoms with Gasteiger partial charge in [0.1, 0.15) is 5.75 Å². The Kier molecular flexibility index (Phi) is 4.29. The summed E-state index contributed by atoms with van der Waals surface area (Å²) in [4.78, 5) is 12.3. The maximum Gasteiger partial charge on any atom is 0.265 e. The van der Waals surface area contributed by atoms with E-state index in [-0.39, 0.29) is 5.91 Å². The Morgan fingerprint density at radius 2 is 1.74 bits per heavy atom. The molecule has 23 heavy (non-hydrogen) atoms. The van der Waals surface area contributed by atoms with Crippen molar-refractivity contribution in [1.82, 2.24) is 0 Å². The van der Waals surface area contributed by atoms with Crippen molar-refractivity contribution in [2.45, 2.75) is 20.0 Å². The fourth-order valence-electron chi connectivity index (χ4n) is 2.46. The Hall–Kier alpha value is -2.81. The number of hydrogen-bond donors (Lipinski definition) is 1. The molecule has 3 aromatic rings. The fourth-order valence-corrected chi connectivity index (χ4v) is 2.46. The van der Waals surface area contributed by atoms with Gasteiger partial charge in [0.05, 0.1) is 0 Å². The molecule has 0 bridgehead atoms. The number of amides is 1. The van der Waals surface area contributed by atoms with Crippen LogP contribution in [-0.2, 0) is 4.79 Å². The molecule has 1 N–H and O–H groups in total. The first kappa shape index (κ1) is 15.1. The molecule has 3 aromatic carbocycles. The summed E-state index contributed by atoms with van der Waals surface area (Å²) in [6.45, 7) is 3.74. The lowest BCUT2D eigenvalue weighted by Gasteiger charge is -2.15. The minimum atomic E-state index is -0.566. The van der Waals surface area contributed by atoms with Gasteiger partial charge in [0.2, 0.25) is 0 Å². The molecule has 1 atom stereocenters. The smallest absolute Gasteiger partial charge is 0.265 e. The van der Waals surface area contributed by atoms with E-state index in [0.29, 0.717) is 5.75 Å². The molecular formula is C20H19NO2. The average Bonchev–Trinajstić information content (AvgIpc) is 2.54. The molecular weight excluding hydrogens is 286 g/mol. The molecule has 0 aliphatic rings. The van der Waals surface area contributed by atoms with E-state index in [1.165, 1.54) is 0 Å². The van der Waals surface area contributed by atoms with Crippen LogP contribution in [0.15, 0.2) is 66.7 Å². The summed E-state index contributed by atoms with van der Waals surface area (Å²) in [7, 11) is 0. The Morgan fingerprint density at radius 3 is 2.52 bits per heavy atom. The first-order valence-corrected chi connectivity index (χ1v) is 7.65. The molecule has 0 radical (unpaired) electrons. The van der Waals surface area contributed by atoms with Crippen molar-refractivity contribution in [3.8, 4) is 5.75 Å². The number of carbonyl (C=O) groups excluding carboxylic acids is 1. The zero-order valence-electron chi connectivity index (χ0n) is 13.2. The third-order valence-electron chi connectivity index (χ3n) is 3.69. The van der Waals surface area contributed by atoms with E-state index in [0.717, 1.165) is 22.0 Å². The van der Waals surface area contributed by atoms with Crippen LogP contribution in [0.25, 0.3) is 10.8 Å². The second kappa shape index (κ2) is 6.53. The van der Waals surface area contributed by atoms with Gasteiger partial charge in [0.15, 0.2) is 6.10 Å². The van der Waals surface area contributed by atoms with E-state index in [4.69, 9.17) is 4.74 Å². The Bertz CT molecular complexity index is 842. The van der Waals surface area contributed by atoms with Gasteiger partial charge in [-0.05, 0) is 54.4 Å². The van der Waals surface area contributed by atoms with Crippen LogP contribution in [0, 0.1) is 6.92 Å². The van der Waals surface area contributed by atoms with Crippen molar-refractivity contribution in [2.24, 2.45) is 0 Å². The van der Waals surface area contributed by atoms with E-state index in [2.05, 4.69) is 5.32 Å². The van der Waals surface area contributed by atoms with Gasteiger partial charge in [-0.3, -0.25) is 4.79 Å². The standard InChI is InChI=1S/C20H19NO2/c1-14-6-5-9-19(12-14)23-15(2)20(22)21-18-11-10-16-7-3-4-8-17(16)13-18/h3-13,15H,1-2H3,(H,21,22). The van der Waals surface area contributed by atoms with Gasteiger partial charge in [0, 0.05) is 5.69 Å². The van der Waals surface area contributed by atoms with Crippen molar-refractivity contribution in [3.05, 3.63) is 72.3 Å². The monoisotopic (exact) mass is 305 g/mol. The number of hydrogen-bond acceptors (Lipinski definition) is 2. The molecule has 0 aliphatic heterocycles. The van der Waals surface area contributed by atoms with Crippen LogP contribution in [-0.4, -0.2) is 12.0 Å². The summed E-state index contributed by atoms with van der Waals surface area (Å²) in [6.07, 6.45) is -0.566. The van der Waals surface area contributed by atoms with Gasteiger partial charge in [-0.15, -0.1) is 0 Å². The summed E-state index contributed by atoms with van der Waals surface area (Å²) >= 11 is 0. The molecule has 0 aromatic heterocycles. The highest BCUT2D eigenvalue weighted by Gasteiger charge is 2.15. The quantitative estimate of drug-likeness (QED) is 0.767. The van der Waals surface area contributed by atoms with Gasteiger partial charge in [-0.25, -0.2) is 0 Å². The van der Waals surface area contributed by atoms with Crippen molar-refractivity contribution >= 4 is 22.4 Å². The predicted molar refractivity (Wildman–Crippen MR) is 93.8 cm³/mol. The molecule has 3 rings (SSSR count). The molecule has 0 aliphatic carbocycles. The van der Waals surface area contributed by atoms with Crippen LogP contribution in [0.5, 0.6) is 5.75 Å². The topological polar surface area (TPSA) is 38.3 Å². The highest BCUT2D eigenvalue weighted by Crippen LogP contribution is 2.20. The number of aryl methyl sites for hydroxylation is 1. The normalized spacial score (nSPS) is 11.9. The van der Waals surface area contributed by atoms with Crippen LogP contribution in [0.4, 0.5) is 5.69 Å². The first-order valence-electron chi connectivity index (χ1n) is 7.65. The van der Waals surface area contributed by atoms with E-state index in [1.54, 1.807) is 6.92 Å². The average molecular weight is 305 g/mol. The van der Waals surface area contributed by atoms with Crippen LogP contribution in [0.1, 0.15) is 12.5 Å². The summed E-state index contributed by atoms with van der Waals surface area (Å²) in [5.41, 5.74) is 1.87. The molecule has 0 saturated heterocycles. The molecule has 1 unspecified atom stereocenters. The van der Waals surface area contributed by atoms with Gasteiger partial charge < -0.3 is 10.1 Å². The molecule has 3 nitrogen and oxygen atoms in total. The second-order valence-corrected chi connectivity index (χ2v) is 5.63. The Labute approximate surface area is 135 Å². The zero-order chi connectivity index (χ0) is 16.2. The van der Waals surface area contributed by atoms with Crippen molar-refractivity contribution in [3.63, 3.8) is 0 Å². The highest BCUT2D eigenvalue weighted by atomic mass is 16.5. The zero-order valence-corrected chi connectivity index (χ0v) is 13.2. The molecule has 1 amide bonds. The molecule has 116 valence electrons. The molecule has 0 spiro atoms.